The minimum absolute atomic E-state index is 0.0622. The number of nitrogens with zero attached hydrogens (tertiary/aromatic N) is 2. The summed E-state index contributed by atoms with van der Waals surface area (Å²) in [5.74, 6) is -3.56. The Bertz CT molecular complexity index is 497. The van der Waals surface area contributed by atoms with Crippen LogP contribution in [0.2, 0.25) is 0 Å². The van der Waals surface area contributed by atoms with Crippen LogP contribution in [-0.2, 0) is 28.8 Å². The molecule has 6 amide bonds. The molecule has 0 aliphatic heterocycles. The Kier molecular flexibility index (Phi) is 8.91. The van der Waals surface area contributed by atoms with Crippen LogP contribution in [0.25, 0.3) is 0 Å². The maximum atomic E-state index is 11.8. The van der Waals surface area contributed by atoms with Crippen molar-refractivity contribution in [3.05, 3.63) is 0 Å². The maximum absolute atomic E-state index is 11.8. The van der Waals surface area contributed by atoms with Crippen LogP contribution in [0.5, 0.6) is 0 Å². The van der Waals surface area contributed by atoms with Gasteiger partial charge in [-0.1, -0.05) is 0 Å². The average Bonchev–Trinajstić information content (AvgIpc) is 2.45. The molecule has 0 saturated carbocycles. The third-order valence-electron chi connectivity index (χ3n) is 2.70. The van der Waals surface area contributed by atoms with Gasteiger partial charge in [-0.2, -0.15) is 10.0 Å². The molecule has 24 heavy (non-hydrogen) atoms. The summed E-state index contributed by atoms with van der Waals surface area (Å²) in [4.78, 5) is 68.1. The number of imide groups is 2. The first-order chi connectivity index (χ1) is 11.1. The molecule has 0 atom stereocenters. The lowest BCUT2D eigenvalue weighted by atomic mass is 10.1. The zero-order valence-electron chi connectivity index (χ0n) is 14.2. The van der Waals surface area contributed by atoms with E-state index < -0.39 is 35.4 Å². The Balaban J connectivity index is 4.40. The lowest BCUT2D eigenvalue weighted by Crippen LogP contribution is -2.48. The van der Waals surface area contributed by atoms with Crippen molar-refractivity contribution in [2.45, 2.75) is 53.4 Å². The van der Waals surface area contributed by atoms with Crippen LogP contribution >= 0.6 is 0 Å². The monoisotopic (exact) mass is 342 g/mol. The van der Waals surface area contributed by atoms with E-state index in [1.54, 1.807) is 0 Å². The molecule has 10 nitrogen and oxygen atoms in total. The van der Waals surface area contributed by atoms with Gasteiger partial charge in [0, 0.05) is 40.5 Å². The van der Waals surface area contributed by atoms with E-state index in [1.165, 1.54) is 13.8 Å². The Morgan fingerprint density at radius 3 is 1.12 bits per heavy atom. The van der Waals surface area contributed by atoms with Gasteiger partial charge in [0.2, 0.25) is 35.4 Å². The van der Waals surface area contributed by atoms with E-state index in [4.69, 9.17) is 0 Å². The van der Waals surface area contributed by atoms with E-state index in [1.807, 2.05) is 0 Å². The Morgan fingerprint density at radius 1 is 0.625 bits per heavy atom. The van der Waals surface area contributed by atoms with Crippen LogP contribution < -0.4 is 10.9 Å². The number of carbonyl (C=O) groups excluding carboxylic acids is 6. The smallest absolute Gasteiger partial charge is 0.248 e. The highest BCUT2D eigenvalue weighted by Crippen LogP contribution is 2.05. The van der Waals surface area contributed by atoms with Crippen molar-refractivity contribution in [1.82, 2.24) is 20.9 Å². The molecule has 0 aliphatic rings. The fourth-order valence-corrected chi connectivity index (χ4v) is 1.72. The topological polar surface area (TPSA) is 133 Å². The molecule has 0 spiro atoms. The number of rotatable bonds is 5. The summed E-state index contributed by atoms with van der Waals surface area (Å²) in [7, 11) is 0. The molecule has 0 fully saturated rings. The lowest BCUT2D eigenvalue weighted by molar-refractivity contribution is -0.153. The van der Waals surface area contributed by atoms with Crippen LogP contribution in [-0.4, -0.2) is 45.5 Å². The molecule has 0 rings (SSSR count). The standard InChI is InChI=1S/C14H22N4O6/c1-9(19)15-17(11(3)21)13(23)7-5-6-8-14(24)18(12(4)22)16-10(2)20/h5-8H2,1-4H3,(H,15,19)(H,16,20). The molecule has 0 bridgehead atoms. The average molecular weight is 342 g/mol. The van der Waals surface area contributed by atoms with Gasteiger partial charge in [0.15, 0.2) is 0 Å². The molecule has 0 aromatic rings. The third kappa shape index (κ3) is 8.01. The van der Waals surface area contributed by atoms with Crippen LogP contribution in [0, 0.1) is 0 Å². The number of hydrogen-bond donors (Lipinski definition) is 2. The molecule has 0 heterocycles. The highest BCUT2D eigenvalue weighted by Gasteiger charge is 2.21. The molecule has 0 unspecified atom stereocenters. The zero-order chi connectivity index (χ0) is 18.9. The van der Waals surface area contributed by atoms with Gasteiger partial charge in [0.1, 0.15) is 0 Å². The summed E-state index contributed by atoms with van der Waals surface area (Å²) in [5.41, 5.74) is 4.22. The predicted octanol–water partition coefficient (Wildman–Crippen LogP) is -0.601. The Morgan fingerprint density at radius 2 is 0.917 bits per heavy atom. The number of carbonyl (C=O) groups is 6. The maximum Gasteiger partial charge on any atom is 0.248 e. The highest BCUT2D eigenvalue weighted by atomic mass is 16.2. The second kappa shape index (κ2) is 10.1. The second-order valence-corrected chi connectivity index (χ2v) is 5.04. The number of unbranched alkanes of at least 4 members (excludes halogenated alkanes) is 1. The van der Waals surface area contributed by atoms with Crippen molar-refractivity contribution < 1.29 is 28.8 Å². The first kappa shape index (κ1) is 21.2. The summed E-state index contributed by atoms with van der Waals surface area (Å²) in [6.45, 7) is 4.60. The van der Waals surface area contributed by atoms with Crippen molar-refractivity contribution >= 4 is 35.4 Å². The highest BCUT2D eigenvalue weighted by molar-refractivity contribution is 5.96. The number of hydrazine groups is 2. The summed E-state index contributed by atoms with van der Waals surface area (Å²) in [5, 5.41) is 1.23. The van der Waals surface area contributed by atoms with E-state index in [2.05, 4.69) is 10.9 Å². The van der Waals surface area contributed by atoms with Gasteiger partial charge in [0.25, 0.3) is 0 Å². The van der Waals surface area contributed by atoms with Crippen LogP contribution in [0.15, 0.2) is 0 Å². The largest absolute Gasteiger partial charge is 0.274 e. The summed E-state index contributed by atoms with van der Waals surface area (Å²) in [6.07, 6.45) is 0.403. The minimum atomic E-state index is -0.625. The molecule has 10 heteroatoms. The molecule has 0 radical (unpaired) electrons. The predicted molar refractivity (Wildman–Crippen MR) is 81.2 cm³/mol. The van der Waals surface area contributed by atoms with Crippen LogP contribution in [0.3, 0.4) is 0 Å². The van der Waals surface area contributed by atoms with E-state index in [0.29, 0.717) is 10.0 Å². The van der Waals surface area contributed by atoms with Gasteiger partial charge in [-0.05, 0) is 12.8 Å². The number of amides is 6. The zero-order valence-corrected chi connectivity index (χ0v) is 14.2. The summed E-state index contributed by atoms with van der Waals surface area (Å²) in [6, 6.07) is 0. The third-order valence-corrected chi connectivity index (χ3v) is 2.70. The minimum Gasteiger partial charge on any atom is -0.274 e. The normalized spacial score (nSPS) is 9.67. The molecule has 0 saturated heterocycles. The van der Waals surface area contributed by atoms with Crippen LogP contribution in [0.4, 0.5) is 0 Å². The van der Waals surface area contributed by atoms with Gasteiger partial charge in [-0.3, -0.25) is 39.6 Å². The molecule has 0 aromatic heterocycles. The SMILES string of the molecule is CC(=O)NN(C(C)=O)C(=O)CCCCC(=O)N(NC(C)=O)C(C)=O. The quantitative estimate of drug-likeness (QED) is 0.506. The van der Waals surface area contributed by atoms with Gasteiger partial charge < -0.3 is 0 Å². The van der Waals surface area contributed by atoms with Crippen molar-refractivity contribution in [1.29, 1.82) is 0 Å². The molecule has 134 valence electrons. The fraction of sp³-hybridized carbons (Fsp3) is 0.571. The lowest BCUT2D eigenvalue weighted by Gasteiger charge is -2.19. The first-order valence-electron chi connectivity index (χ1n) is 7.27. The molecular weight excluding hydrogens is 320 g/mol. The van der Waals surface area contributed by atoms with Crippen LogP contribution in [0.1, 0.15) is 53.4 Å². The van der Waals surface area contributed by atoms with Gasteiger partial charge >= 0.3 is 0 Å². The molecule has 0 aliphatic carbocycles. The number of hydrogen-bond acceptors (Lipinski definition) is 6. The van der Waals surface area contributed by atoms with Crippen molar-refractivity contribution in [2.75, 3.05) is 0 Å². The van der Waals surface area contributed by atoms with Gasteiger partial charge in [-0.15, -0.1) is 0 Å². The molecular formula is C14H22N4O6. The second-order valence-electron chi connectivity index (χ2n) is 5.04. The first-order valence-corrected chi connectivity index (χ1v) is 7.27. The van der Waals surface area contributed by atoms with Crippen molar-refractivity contribution in [3.8, 4) is 0 Å². The summed E-state index contributed by atoms with van der Waals surface area (Å²) < 4.78 is 0. The van der Waals surface area contributed by atoms with E-state index in [9.17, 15) is 28.8 Å². The Labute approximate surface area is 139 Å². The van der Waals surface area contributed by atoms with E-state index in [0.717, 1.165) is 13.8 Å². The molecule has 0 aromatic carbocycles. The van der Waals surface area contributed by atoms with Gasteiger partial charge in [-0.25, -0.2) is 0 Å². The Hall–Kier alpha value is -2.78. The van der Waals surface area contributed by atoms with Crippen molar-refractivity contribution in [2.24, 2.45) is 0 Å². The number of nitrogens with one attached hydrogen (secondary N) is 2. The van der Waals surface area contributed by atoms with Crippen molar-refractivity contribution in [3.63, 3.8) is 0 Å². The van der Waals surface area contributed by atoms with Gasteiger partial charge in [0.05, 0.1) is 0 Å². The van der Waals surface area contributed by atoms with E-state index >= 15 is 0 Å². The van der Waals surface area contributed by atoms with E-state index in [-0.39, 0.29) is 25.7 Å². The molecule has 2 N–H and O–H groups in total. The summed E-state index contributed by atoms with van der Waals surface area (Å²) >= 11 is 0. The fourth-order valence-electron chi connectivity index (χ4n) is 1.72.